The van der Waals surface area contributed by atoms with Gasteiger partial charge in [-0.2, -0.15) is 0 Å². The molecule has 0 spiro atoms. The summed E-state index contributed by atoms with van der Waals surface area (Å²) >= 11 is 11.0. The summed E-state index contributed by atoms with van der Waals surface area (Å²) in [5.41, 5.74) is 1.11. The lowest BCUT2D eigenvalue weighted by Gasteiger charge is -2.18. The molecule has 2 aromatic rings. The zero-order valence-electron chi connectivity index (χ0n) is 14.2. The molecule has 3 rings (SSSR count). The molecule has 0 amide bonds. The maximum Gasteiger partial charge on any atom is 0.321 e. The molecular weight excluding hydrogens is 461 g/mol. The average molecular weight is 477 g/mol. The zero-order valence-corrected chi connectivity index (χ0v) is 17.3. The van der Waals surface area contributed by atoms with E-state index in [2.05, 4.69) is 21.2 Å². The van der Waals surface area contributed by atoms with E-state index in [1.807, 2.05) is 6.07 Å². The highest BCUT2D eigenvalue weighted by Gasteiger charge is 2.31. The Bertz CT molecular complexity index is 849. The van der Waals surface area contributed by atoms with Crippen LogP contribution in [0.15, 0.2) is 34.8 Å². The van der Waals surface area contributed by atoms with Crippen LogP contribution in [0.25, 0.3) is 0 Å². The second-order valence-corrected chi connectivity index (χ2v) is 8.19. The predicted octanol–water partition coefficient (Wildman–Crippen LogP) is 4.62. The van der Waals surface area contributed by atoms with Gasteiger partial charge in [-0.15, -0.1) is 11.8 Å². The molecule has 0 aliphatic carbocycles. The van der Waals surface area contributed by atoms with Crippen LogP contribution in [0.2, 0.25) is 5.02 Å². The van der Waals surface area contributed by atoms with Crippen molar-refractivity contribution in [2.24, 2.45) is 0 Å². The first-order chi connectivity index (χ1) is 12.9. The van der Waals surface area contributed by atoms with Gasteiger partial charge in [0.1, 0.15) is 18.5 Å². The van der Waals surface area contributed by atoms with E-state index in [4.69, 9.17) is 26.2 Å². The quantitative estimate of drug-likeness (QED) is 0.634. The second-order valence-electron chi connectivity index (χ2n) is 5.79. The highest BCUT2D eigenvalue weighted by atomic mass is 79.9. The van der Waals surface area contributed by atoms with Crippen molar-refractivity contribution in [3.05, 3.63) is 56.8 Å². The molecular formula is C18H16BrClFNO4S. The molecule has 27 heavy (non-hydrogen) atoms. The maximum absolute atomic E-state index is 13.9. The van der Waals surface area contributed by atoms with E-state index < -0.39 is 17.8 Å². The third-order valence-electron chi connectivity index (χ3n) is 4.06. The predicted molar refractivity (Wildman–Crippen MR) is 106 cm³/mol. The zero-order chi connectivity index (χ0) is 19.6. The standard InChI is InChI=1S/C18H16BrClFNO4S/c1-25-15-6-9(17-22-14(8-27-17)18(23)24)5-11(19)16(15)26-7-10-12(20)3-2-4-13(10)21/h2-6,14,17,22H,7-8H2,1H3,(H,23,24). The number of benzene rings is 2. The molecule has 1 heterocycles. The van der Waals surface area contributed by atoms with E-state index in [1.165, 1.54) is 31.0 Å². The summed E-state index contributed by atoms with van der Waals surface area (Å²) in [6.45, 7) is -0.0582. The number of aliphatic carboxylic acids is 1. The number of carboxylic acid groups (broad SMARTS) is 1. The van der Waals surface area contributed by atoms with Crippen molar-refractivity contribution in [2.75, 3.05) is 12.9 Å². The highest BCUT2D eigenvalue weighted by Crippen LogP contribution is 2.42. The van der Waals surface area contributed by atoms with Crippen molar-refractivity contribution in [1.82, 2.24) is 5.32 Å². The van der Waals surface area contributed by atoms with Crippen LogP contribution in [-0.2, 0) is 11.4 Å². The van der Waals surface area contributed by atoms with Gasteiger partial charge < -0.3 is 14.6 Å². The third kappa shape index (κ3) is 4.51. The monoisotopic (exact) mass is 475 g/mol. The fraction of sp³-hybridized carbons (Fsp3) is 0.278. The Morgan fingerprint density at radius 3 is 2.89 bits per heavy atom. The van der Waals surface area contributed by atoms with Crippen molar-refractivity contribution in [1.29, 1.82) is 0 Å². The molecule has 1 aliphatic heterocycles. The van der Waals surface area contributed by atoms with Crippen molar-refractivity contribution < 1.29 is 23.8 Å². The van der Waals surface area contributed by atoms with Crippen LogP contribution in [0.1, 0.15) is 16.5 Å². The van der Waals surface area contributed by atoms with E-state index >= 15 is 0 Å². The first-order valence-corrected chi connectivity index (χ1v) is 10.2. The maximum atomic E-state index is 13.9. The lowest BCUT2D eigenvalue weighted by Crippen LogP contribution is -2.33. The molecule has 2 atom stereocenters. The topological polar surface area (TPSA) is 67.8 Å². The van der Waals surface area contributed by atoms with Crippen molar-refractivity contribution in [2.45, 2.75) is 18.0 Å². The molecule has 1 fully saturated rings. The molecule has 0 saturated carbocycles. The minimum Gasteiger partial charge on any atom is -0.493 e. The number of carboxylic acids is 1. The Morgan fingerprint density at radius 1 is 1.48 bits per heavy atom. The molecule has 0 bridgehead atoms. The Labute approximate surface area is 173 Å². The Kier molecular flexibility index (Phi) is 6.52. The summed E-state index contributed by atoms with van der Waals surface area (Å²) in [5, 5.41) is 12.3. The van der Waals surface area contributed by atoms with Crippen LogP contribution in [0, 0.1) is 5.82 Å². The molecule has 144 valence electrons. The summed E-state index contributed by atoms with van der Waals surface area (Å²) < 4.78 is 25.7. The lowest BCUT2D eigenvalue weighted by molar-refractivity contribution is -0.138. The third-order valence-corrected chi connectivity index (χ3v) is 6.27. The van der Waals surface area contributed by atoms with Crippen LogP contribution in [0.3, 0.4) is 0 Å². The molecule has 2 aromatic carbocycles. The SMILES string of the molecule is COc1cc(C2NC(C(=O)O)CS2)cc(Br)c1OCc1c(F)cccc1Cl. The molecule has 1 saturated heterocycles. The van der Waals surface area contributed by atoms with Crippen LogP contribution in [-0.4, -0.2) is 30.0 Å². The molecule has 2 N–H and O–H groups in total. The largest absolute Gasteiger partial charge is 0.493 e. The fourth-order valence-electron chi connectivity index (χ4n) is 2.65. The van der Waals surface area contributed by atoms with Gasteiger partial charge in [-0.3, -0.25) is 10.1 Å². The number of methoxy groups -OCH3 is 1. The van der Waals surface area contributed by atoms with E-state index in [0.29, 0.717) is 21.7 Å². The minimum atomic E-state index is -0.877. The normalized spacial score (nSPS) is 19.1. The smallest absolute Gasteiger partial charge is 0.321 e. The highest BCUT2D eigenvalue weighted by molar-refractivity contribution is 9.10. The summed E-state index contributed by atoms with van der Waals surface area (Å²) in [5.74, 6) is 0.0221. The van der Waals surface area contributed by atoms with Crippen LogP contribution in [0.4, 0.5) is 4.39 Å². The van der Waals surface area contributed by atoms with Gasteiger partial charge in [0.05, 0.1) is 22.0 Å². The Balaban J connectivity index is 1.82. The van der Waals surface area contributed by atoms with Gasteiger partial charge in [-0.25, -0.2) is 4.39 Å². The summed E-state index contributed by atoms with van der Waals surface area (Å²) in [6, 6.07) is 7.46. The van der Waals surface area contributed by atoms with Gasteiger partial charge in [0.15, 0.2) is 11.5 Å². The lowest BCUT2D eigenvalue weighted by atomic mass is 10.1. The van der Waals surface area contributed by atoms with E-state index in [9.17, 15) is 9.18 Å². The van der Waals surface area contributed by atoms with Crippen molar-refractivity contribution in [3.8, 4) is 11.5 Å². The number of rotatable bonds is 6. The fourth-order valence-corrected chi connectivity index (χ4v) is 4.66. The van der Waals surface area contributed by atoms with Crippen LogP contribution >= 0.6 is 39.3 Å². The number of thioether (sulfide) groups is 1. The Morgan fingerprint density at radius 2 is 2.26 bits per heavy atom. The van der Waals surface area contributed by atoms with Gasteiger partial charge in [-0.05, 0) is 45.8 Å². The van der Waals surface area contributed by atoms with Gasteiger partial charge in [0.2, 0.25) is 0 Å². The molecule has 0 radical (unpaired) electrons. The number of hydrogen-bond donors (Lipinski definition) is 2. The molecule has 1 aliphatic rings. The van der Waals surface area contributed by atoms with Crippen molar-refractivity contribution >= 4 is 45.3 Å². The molecule has 0 aromatic heterocycles. The van der Waals surface area contributed by atoms with E-state index in [0.717, 1.165) is 5.56 Å². The first-order valence-electron chi connectivity index (χ1n) is 7.94. The number of hydrogen-bond acceptors (Lipinski definition) is 5. The first kappa shape index (κ1) is 20.3. The summed E-state index contributed by atoms with van der Waals surface area (Å²) in [4.78, 5) is 11.1. The average Bonchev–Trinajstić information content (AvgIpc) is 3.12. The van der Waals surface area contributed by atoms with Gasteiger partial charge in [-0.1, -0.05) is 17.7 Å². The summed E-state index contributed by atoms with van der Waals surface area (Å²) in [7, 11) is 1.50. The Hall–Kier alpha value is -1.48. The summed E-state index contributed by atoms with van der Waals surface area (Å²) in [6.07, 6.45) is 0. The number of nitrogens with one attached hydrogen (secondary N) is 1. The molecule has 9 heteroatoms. The van der Waals surface area contributed by atoms with Crippen molar-refractivity contribution in [3.63, 3.8) is 0 Å². The minimum absolute atomic E-state index is 0.0582. The van der Waals surface area contributed by atoms with Gasteiger partial charge in [0, 0.05) is 11.3 Å². The van der Waals surface area contributed by atoms with Gasteiger partial charge >= 0.3 is 5.97 Å². The van der Waals surface area contributed by atoms with E-state index in [-0.39, 0.29) is 22.6 Å². The molecule has 2 unspecified atom stereocenters. The number of halogens is 3. The second kappa shape index (κ2) is 8.68. The van der Waals surface area contributed by atoms with Crippen LogP contribution < -0.4 is 14.8 Å². The number of ether oxygens (including phenoxy) is 2. The molecule has 5 nitrogen and oxygen atoms in total. The van der Waals surface area contributed by atoms with Gasteiger partial charge in [0.25, 0.3) is 0 Å². The van der Waals surface area contributed by atoms with Crippen LogP contribution in [0.5, 0.6) is 11.5 Å². The number of carbonyl (C=O) groups is 1. The van der Waals surface area contributed by atoms with E-state index in [1.54, 1.807) is 12.1 Å².